The van der Waals surface area contributed by atoms with Gasteiger partial charge >= 0.3 is 40.0 Å². The van der Waals surface area contributed by atoms with Crippen LogP contribution < -0.4 is 0 Å². The van der Waals surface area contributed by atoms with Crippen LogP contribution in [0.3, 0.4) is 0 Å². The van der Waals surface area contributed by atoms with E-state index in [0.717, 1.165) is 0 Å². The maximum absolute atomic E-state index is 8.34. The number of rotatable bonds is 0. The first-order valence-electron chi connectivity index (χ1n) is 0.493. The van der Waals surface area contributed by atoms with Gasteiger partial charge < -0.3 is 0 Å². The standard InChI is InChI=1S/BHO.O.Zr/c1-2;;/h1H;;. The van der Waals surface area contributed by atoms with Crippen molar-refractivity contribution in [1.29, 1.82) is 0 Å². The van der Waals surface area contributed by atoms with Crippen molar-refractivity contribution in [3.63, 3.8) is 0 Å². The van der Waals surface area contributed by atoms with E-state index in [4.69, 9.17) is 7.52 Å². The second-order valence-corrected chi connectivity index (χ2v) is 0. The average Bonchev–Trinajstić information content (AvgIpc) is 1.50. The molecule has 0 heterocycles. The van der Waals surface area contributed by atoms with E-state index in [1.54, 1.807) is 0 Å². The number of hydrogen-bond donors (Lipinski definition) is 0. The average molecular weight is 135 g/mol. The van der Waals surface area contributed by atoms with Crippen molar-refractivity contribution in [1.82, 2.24) is 0 Å². The van der Waals surface area contributed by atoms with Gasteiger partial charge in [0.1, 0.15) is 0 Å². The third kappa shape index (κ3) is 20.3. The Morgan fingerprint density at radius 1 is 1.25 bits per heavy atom. The van der Waals surface area contributed by atoms with Crippen LogP contribution >= 0.6 is 0 Å². The summed E-state index contributed by atoms with van der Waals surface area (Å²) >= 11 is 0.300. The zero-order chi connectivity index (χ0) is 4.00. The van der Waals surface area contributed by atoms with E-state index < -0.39 is 0 Å². The predicted molar refractivity (Wildman–Crippen MR) is 8.52 cm³/mol. The molecule has 0 aliphatic carbocycles. The van der Waals surface area contributed by atoms with Crippen LogP contribution in [0.15, 0.2) is 0 Å². The molecule has 0 saturated carbocycles. The van der Waals surface area contributed by atoms with Gasteiger partial charge in [-0.1, -0.05) is 0 Å². The van der Waals surface area contributed by atoms with Gasteiger partial charge in [-0.2, -0.15) is 0 Å². The van der Waals surface area contributed by atoms with Gasteiger partial charge in [0.15, 0.2) is 0 Å². The normalized spacial score (nSPS) is 1.50. The van der Waals surface area contributed by atoms with E-state index >= 15 is 0 Å². The van der Waals surface area contributed by atoms with Crippen LogP contribution in [0.5, 0.6) is 0 Å². The van der Waals surface area contributed by atoms with Crippen molar-refractivity contribution in [2.45, 2.75) is 0 Å². The molecular weight excluding hydrogens is 134 g/mol. The van der Waals surface area contributed by atoms with Gasteiger partial charge in [-0.3, -0.25) is 0 Å². The van der Waals surface area contributed by atoms with Crippen molar-refractivity contribution in [3.8, 4) is 0 Å². The Bertz CT molecular complexity index is 8.00. The Morgan fingerprint density at radius 2 is 1.25 bits per heavy atom. The molecule has 0 radical (unpaired) electrons. The molecule has 0 aromatic rings. The Hall–Kier alpha value is 0.548. The Balaban J connectivity index is 0. The third-order valence-corrected chi connectivity index (χ3v) is 0. The Kier molecular flexibility index (Phi) is 169. The molecule has 0 aliphatic rings. The van der Waals surface area contributed by atoms with E-state index in [9.17, 15) is 0 Å². The first-order chi connectivity index (χ1) is 2.00. The van der Waals surface area contributed by atoms with Gasteiger partial charge in [0, 0.05) is 0 Å². The van der Waals surface area contributed by atoms with E-state index in [1.807, 2.05) is 7.72 Å². The quantitative estimate of drug-likeness (QED) is 0.404. The fraction of sp³-hybridized carbons (Fsp3) is 0. The van der Waals surface area contributed by atoms with Crippen LogP contribution in [-0.2, 0) is 32.2 Å². The molecule has 4 heavy (non-hydrogen) atoms. The zero-order valence-corrected chi connectivity index (χ0v) is 4.48. The summed E-state index contributed by atoms with van der Waals surface area (Å²) in [6.07, 6.45) is 0. The van der Waals surface area contributed by atoms with Gasteiger partial charge in [-0.15, -0.1) is 0 Å². The van der Waals surface area contributed by atoms with Crippen molar-refractivity contribution >= 4 is 7.72 Å². The molecule has 0 saturated heterocycles. The first-order valence-corrected chi connectivity index (χ1v) is 1.50. The summed E-state index contributed by atoms with van der Waals surface area (Å²) in [5.74, 6) is 0. The molecule has 0 rings (SSSR count). The molecule has 20 valence electrons. The molecule has 0 aromatic heterocycles. The Morgan fingerprint density at radius 3 is 1.25 bits per heavy atom. The molecule has 0 N–H and O–H groups in total. The van der Waals surface area contributed by atoms with Crippen molar-refractivity contribution in [2.24, 2.45) is 0 Å². The summed E-state index contributed by atoms with van der Waals surface area (Å²) < 4.78 is 16.3. The van der Waals surface area contributed by atoms with Crippen molar-refractivity contribution in [3.05, 3.63) is 0 Å². The van der Waals surface area contributed by atoms with Crippen molar-refractivity contribution in [2.75, 3.05) is 0 Å². The van der Waals surface area contributed by atoms with Gasteiger partial charge in [0.05, 0.1) is 0 Å². The van der Waals surface area contributed by atoms with Crippen LogP contribution in [0.25, 0.3) is 0 Å². The summed E-state index contributed by atoms with van der Waals surface area (Å²) in [5, 5.41) is 0. The summed E-state index contributed by atoms with van der Waals surface area (Å²) in [4.78, 5) is 0. The van der Waals surface area contributed by atoms with E-state index in [0.29, 0.717) is 24.7 Å². The molecule has 0 aromatic carbocycles. The molecule has 2 nitrogen and oxygen atoms in total. The molecule has 0 unspecified atom stereocenters. The minimum atomic E-state index is 0.300. The van der Waals surface area contributed by atoms with Gasteiger partial charge in [-0.25, -0.2) is 0 Å². The maximum atomic E-state index is 8.34. The van der Waals surface area contributed by atoms with Gasteiger partial charge in [-0.05, 0) is 0 Å². The van der Waals surface area contributed by atoms with Crippen LogP contribution in [0.4, 0.5) is 0 Å². The minimum absolute atomic E-state index is 0.300. The molecule has 0 fully saturated rings. The van der Waals surface area contributed by atoms with Gasteiger partial charge in [0.2, 0.25) is 0 Å². The molecule has 0 bridgehead atoms. The predicted octanol–water partition coefficient (Wildman–Crippen LogP) is -0.889. The number of hydrogen-bond acceptors (Lipinski definition) is 2. The summed E-state index contributed by atoms with van der Waals surface area (Å²) in [7, 11) is 2.00. The summed E-state index contributed by atoms with van der Waals surface area (Å²) in [6.45, 7) is 0. The van der Waals surface area contributed by atoms with Crippen LogP contribution in [0, 0.1) is 0 Å². The summed E-state index contributed by atoms with van der Waals surface area (Å²) in [5.41, 5.74) is 0. The van der Waals surface area contributed by atoms with E-state index in [-0.39, 0.29) is 0 Å². The second kappa shape index (κ2) is 76.7. The SMILES string of the molecule is B=O.[O]=[Zr]. The molecule has 0 atom stereocenters. The molecule has 0 amide bonds. The second-order valence-electron chi connectivity index (χ2n) is 0. The van der Waals surface area contributed by atoms with Crippen molar-refractivity contribution < 1.29 is 32.2 Å². The zero-order valence-electron chi connectivity index (χ0n) is 2.02. The van der Waals surface area contributed by atoms with Crippen LogP contribution in [-0.4, -0.2) is 7.72 Å². The van der Waals surface area contributed by atoms with Crippen LogP contribution in [0.2, 0.25) is 0 Å². The first kappa shape index (κ1) is 8.82. The monoisotopic (exact) mass is 134 g/mol. The fourth-order valence-electron chi connectivity index (χ4n) is 0. The molecule has 0 aliphatic heterocycles. The topological polar surface area (TPSA) is 34.1 Å². The molecule has 0 spiro atoms. The Labute approximate surface area is 40.3 Å². The fourth-order valence-corrected chi connectivity index (χ4v) is 0. The third-order valence-electron chi connectivity index (χ3n) is 0. The molecular formula is HBO2Zr. The van der Waals surface area contributed by atoms with E-state index in [2.05, 4.69) is 0 Å². The van der Waals surface area contributed by atoms with E-state index in [1.165, 1.54) is 0 Å². The van der Waals surface area contributed by atoms with Gasteiger partial charge in [0.25, 0.3) is 0 Å². The molecule has 4 heteroatoms. The summed E-state index contributed by atoms with van der Waals surface area (Å²) in [6, 6.07) is 0. The van der Waals surface area contributed by atoms with Crippen LogP contribution in [0.1, 0.15) is 0 Å².